The number of aromatic nitrogens is 1. The number of aryl methyl sites for hydroxylation is 1. The lowest BCUT2D eigenvalue weighted by molar-refractivity contribution is 0.443. The Labute approximate surface area is 72.4 Å². The standard InChI is InChI=1S/C10H14N2/c1-12-5-7-4-10(2-3-10)9(11)8(7)6-12/h5-6,9H,2-4,11H2,1H3. The van der Waals surface area contributed by atoms with Crippen molar-refractivity contribution in [3.05, 3.63) is 23.5 Å². The Balaban J connectivity index is 2.10. The molecule has 2 N–H and O–H groups in total. The number of nitrogens with two attached hydrogens (primary N) is 1. The summed E-state index contributed by atoms with van der Waals surface area (Å²) >= 11 is 0. The van der Waals surface area contributed by atoms with Crippen LogP contribution in [0.25, 0.3) is 0 Å². The summed E-state index contributed by atoms with van der Waals surface area (Å²) in [4.78, 5) is 0. The molecule has 1 saturated carbocycles. The average molecular weight is 162 g/mol. The molecule has 0 saturated heterocycles. The van der Waals surface area contributed by atoms with E-state index in [2.05, 4.69) is 24.0 Å². The normalized spacial score (nSPS) is 29.3. The first-order chi connectivity index (χ1) is 5.71. The molecular formula is C10H14N2. The van der Waals surface area contributed by atoms with Gasteiger partial charge in [0.15, 0.2) is 0 Å². The van der Waals surface area contributed by atoms with Crippen LogP contribution in [0.2, 0.25) is 0 Å². The van der Waals surface area contributed by atoms with Crippen molar-refractivity contribution >= 4 is 0 Å². The maximum absolute atomic E-state index is 6.19. The van der Waals surface area contributed by atoms with Crippen LogP contribution >= 0.6 is 0 Å². The molecule has 1 aromatic heterocycles. The molecule has 12 heavy (non-hydrogen) atoms. The molecule has 1 fully saturated rings. The van der Waals surface area contributed by atoms with E-state index < -0.39 is 0 Å². The Morgan fingerprint density at radius 1 is 1.50 bits per heavy atom. The van der Waals surface area contributed by atoms with E-state index in [1.54, 1.807) is 0 Å². The molecule has 1 atom stereocenters. The highest BCUT2D eigenvalue weighted by Crippen LogP contribution is 2.60. The van der Waals surface area contributed by atoms with Gasteiger partial charge in [0.05, 0.1) is 0 Å². The van der Waals surface area contributed by atoms with Crippen LogP contribution in [0.4, 0.5) is 0 Å². The van der Waals surface area contributed by atoms with Crippen molar-refractivity contribution in [3.63, 3.8) is 0 Å². The molecule has 64 valence electrons. The van der Waals surface area contributed by atoms with Gasteiger partial charge < -0.3 is 10.3 Å². The summed E-state index contributed by atoms with van der Waals surface area (Å²) in [6.07, 6.45) is 8.32. The minimum atomic E-state index is 0.327. The number of nitrogens with zero attached hydrogens (tertiary/aromatic N) is 1. The molecule has 3 rings (SSSR count). The number of hydrogen-bond acceptors (Lipinski definition) is 1. The van der Waals surface area contributed by atoms with Crippen molar-refractivity contribution in [1.29, 1.82) is 0 Å². The van der Waals surface area contributed by atoms with Gasteiger partial charge in [-0.1, -0.05) is 0 Å². The molecule has 0 aromatic carbocycles. The summed E-state index contributed by atoms with van der Waals surface area (Å²) in [6.45, 7) is 0. The van der Waals surface area contributed by atoms with E-state index in [-0.39, 0.29) is 0 Å². The number of hydrogen-bond donors (Lipinski definition) is 1. The predicted molar refractivity (Wildman–Crippen MR) is 47.7 cm³/mol. The van der Waals surface area contributed by atoms with Crippen LogP contribution in [-0.4, -0.2) is 4.57 Å². The topological polar surface area (TPSA) is 30.9 Å². The molecule has 1 unspecified atom stereocenters. The largest absolute Gasteiger partial charge is 0.357 e. The SMILES string of the molecule is Cn1cc2c(c1)C(N)C1(CC1)C2. The zero-order valence-electron chi connectivity index (χ0n) is 7.38. The fourth-order valence-electron chi connectivity index (χ4n) is 2.56. The Kier molecular flexibility index (Phi) is 0.990. The van der Waals surface area contributed by atoms with Crippen LogP contribution in [0.1, 0.15) is 30.0 Å². The summed E-state index contributed by atoms with van der Waals surface area (Å²) in [5, 5.41) is 0. The van der Waals surface area contributed by atoms with Crippen LogP contribution in [-0.2, 0) is 13.5 Å². The van der Waals surface area contributed by atoms with Crippen molar-refractivity contribution in [2.75, 3.05) is 0 Å². The highest BCUT2D eigenvalue weighted by Gasteiger charge is 2.53. The summed E-state index contributed by atoms with van der Waals surface area (Å²) in [6, 6.07) is 0.327. The monoisotopic (exact) mass is 162 g/mol. The first-order valence-electron chi connectivity index (χ1n) is 4.62. The van der Waals surface area contributed by atoms with Gasteiger partial charge in [-0.25, -0.2) is 0 Å². The third kappa shape index (κ3) is 0.643. The second-order valence-electron chi connectivity index (χ2n) is 4.42. The smallest absolute Gasteiger partial charge is 0.0373 e. The van der Waals surface area contributed by atoms with Crippen molar-refractivity contribution in [2.24, 2.45) is 18.2 Å². The molecule has 0 amide bonds. The lowest BCUT2D eigenvalue weighted by Gasteiger charge is -2.13. The first-order valence-corrected chi connectivity index (χ1v) is 4.62. The number of rotatable bonds is 0. The van der Waals surface area contributed by atoms with Crippen molar-refractivity contribution in [2.45, 2.75) is 25.3 Å². The van der Waals surface area contributed by atoms with Gasteiger partial charge in [0.2, 0.25) is 0 Å². The van der Waals surface area contributed by atoms with Gasteiger partial charge >= 0.3 is 0 Å². The molecule has 0 bridgehead atoms. The highest BCUT2D eigenvalue weighted by molar-refractivity contribution is 5.38. The van der Waals surface area contributed by atoms with E-state index in [1.807, 2.05) is 0 Å². The van der Waals surface area contributed by atoms with E-state index in [1.165, 1.54) is 30.4 Å². The minimum absolute atomic E-state index is 0.327. The second-order valence-corrected chi connectivity index (χ2v) is 4.42. The third-order valence-corrected chi connectivity index (χ3v) is 3.50. The summed E-state index contributed by atoms with van der Waals surface area (Å²) in [7, 11) is 2.07. The Morgan fingerprint density at radius 3 is 2.83 bits per heavy atom. The Hall–Kier alpha value is -0.760. The van der Waals surface area contributed by atoms with Gasteiger partial charge in [-0.3, -0.25) is 0 Å². The lowest BCUT2D eigenvalue weighted by Crippen LogP contribution is -2.17. The van der Waals surface area contributed by atoms with E-state index in [9.17, 15) is 0 Å². The fourth-order valence-corrected chi connectivity index (χ4v) is 2.56. The van der Waals surface area contributed by atoms with Crippen LogP contribution in [0, 0.1) is 5.41 Å². The maximum Gasteiger partial charge on any atom is 0.0373 e. The van der Waals surface area contributed by atoms with Gasteiger partial charge in [0, 0.05) is 25.5 Å². The van der Waals surface area contributed by atoms with Crippen molar-refractivity contribution in [3.8, 4) is 0 Å². The van der Waals surface area contributed by atoms with Crippen LogP contribution in [0.5, 0.6) is 0 Å². The Morgan fingerprint density at radius 2 is 2.25 bits per heavy atom. The predicted octanol–water partition coefficient (Wildman–Crippen LogP) is 1.36. The van der Waals surface area contributed by atoms with Crippen molar-refractivity contribution in [1.82, 2.24) is 4.57 Å². The van der Waals surface area contributed by atoms with Gasteiger partial charge in [0.25, 0.3) is 0 Å². The fraction of sp³-hybridized carbons (Fsp3) is 0.600. The van der Waals surface area contributed by atoms with Gasteiger partial charge in [-0.2, -0.15) is 0 Å². The van der Waals surface area contributed by atoms with Crippen LogP contribution in [0.3, 0.4) is 0 Å². The average Bonchev–Trinajstić information content (AvgIpc) is 2.64. The zero-order valence-corrected chi connectivity index (χ0v) is 7.38. The second kappa shape index (κ2) is 1.77. The molecule has 2 nitrogen and oxygen atoms in total. The van der Waals surface area contributed by atoms with E-state index in [0.29, 0.717) is 11.5 Å². The highest BCUT2D eigenvalue weighted by atomic mass is 14.9. The van der Waals surface area contributed by atoms with Gasteiger partial charge in [-0.05, 0) is 35.8 Å². The van der Waals surface area contributed by atoms with E-state index in [4.69, 9.17) is 5.73 Å². The Bertz CT molecular complexity index is 334. The van der Waals surface area contributed by atoms with Gasteiger partial charge in [0.1, 0.15) is 0 Å². The third-order valence-electron chi connectivity index (χ3n) is 3.50. The molecular weight excluding hydrogens is 148 g/mol. The summed E-state index contributed by atoms with van der Waals surface area (Å²) in [5.74, 6) is 0. The van der Waals surface area contributed by atoms with Crippen molar-refractivity contribution < 1.29 is 0 Å². The molecule has 1 aromatic rings. The molecule has 2 aliphatic carbocycles. The quantitative estimate of drug-likeness (QED) is 0.613. The molecule has 1 spiro atoms. The zero-order chi connectivity index (χ0) is 8.34. The number of fused-ring (bicyclic) bond motifs is 1. The van der Waals surface area contributed by atoms with E-state index in [0.717, 1.165) is 0 Å². The molecule has 0 radical (unpaired) electrons. The molecule has 1 heterocycles. The van der Waals surface area contributed by atoms with Crippen LogP contribution < -0.4 is 5.73 Å². The minimum Gasteiger partial charge on any atom is -0.357 e. The molecule has 2 aliphatic rings. The first kappa shape index (κ1) is 6.72. The maximum atomic E-state index is 6.19. The summed E-state index contributed by atoms with van der Waals surface area (Å²) < 4.78 is 2.12. The lowest BCUT2D eigenvalue weighted by atomic mass is 9.99. The summed E-state index contributed by atoms with van der Waals surface area (Å²) in [5.41, 5.74) is 9.57. The molecule has 2 heteroatoms. The molecule has 0 aliphatic heterocycles. The van der Waals surface area contributed by atoms with Crippen LogP contribution in [0.15, 0.2) is 12.4 Å². The van der Waals surface area contributed by atoms with E-state index >= 15 is 0 Å². The van der Waals surface area contributed by atoms with Gasteiger partial charge in [-0.15, -0.1) is 0 Å².